The van der Waals surface area contributed by atoms with Gasteiger partial charge in [0.2, 0.25) is 0 Å². The van der Waals surface area contributed by atoms with Gasteiger partial charge in [0, 0.05) is 37.8 Å². The van der Waals surface area contributed by atoms with Crippen LogP contribution in [0.2, 0.25) is 0 Å². The Morgan fingerprint density at radius 2 is 1.85 bits per heavy atom. The molecule has 7 heteroatoms. The molecular weight excluding hydrogens is 345 g/mol. The first kappa shape index (κ1) is 17.9. The molecule has 0 saturated carbocycles. The third kappa shape index (κ3) is 3.64. The number of benzene rings is 1. The first-order chi connectivity index (χ1) is 13.0. The first-order valence-electron chi connectivity index (χ1n) is 9.31. The van der Waals surface area contributed by atoms with Gasteiger partial charge in [-0.3, -0.25) is 4.99 Å². The summed E-state index contributed by atoms with van der Waals surface area (Å²) in [6, 6.07) is 5.24. The minimum absolute atomic E-state index is 0.0952. The Labute approximate surface area is 158 Å². The molecule has 0 amide bonds. The molecule has 4 rings (SSSR count). The number of piperazine rings is 1. The van der Waals surface area contributed by atoms with Crippen LogP contribution in [0.5, 0.6) is 5.75 Å². The standard InChI is InChI=1S/C20H24FN5O/c1-13(2)27-18-9-15-14(8-16(18)21)11-22-20(15)17-10-19(24-12-23-17)26-6-4-25(3)5-7-26/h8-10,12-13H,4-7,11H2,1-3H3. The zero-order valence-electron chi connectivity index (χ0n) is 15.9. The molecule has 1 fully saturated rings. The van der Waals surface area contributed by atoms with E-state index >= 15 is 0 Å². The highest BCUT2D eigenvalue weighted by Gasteiger charge is 2.23. The van der Waals surface area contributed by atoms with Gasteiger partial charge in [-0.1, -0.05) is 0 Å². The Morgan fingerprint density at radius 1 is 1.07 bits per heavy atom. The molecule has 0 bridgehead atoms. The predicted molar refractivity (Wildman–Crippen MR) is 103 cm³/mol. The number of hydrogen-bond donors (Lipinski definition) is 0. The van der Waals surface area contributed by atoms with Gasteiger partial charge in [-0.25, -0.2) is 14.4 Å². The van der Waals surface area contributed by atoms with Crippen molar-refractivity contribution in [3.63, 3.8) is 0 Å². The highest BCUT2D eigenvalue weighted by molar-refractivity contribution is 6.14. The fourth-order valence-electron chi connectivity index (χ4n) is 3.44. The number of hydrogen-bond acceptors (Lipinski definition) is 6. The topological polar surface area (TPSA) is 53.9 Å². The highest BCUT2D eigenvalue weighted by atomic mass is 19.1. The van der Waals surface area contributed by atoms with Crippen molar-refractivity contribution >= 4 is 11.5 Å². The fourth-order valence-corrected chi connectivity index (χ4v) is 3.44. The van der Waals surface area contributed by atoms with Crippen molar-refractivity contribution in [2.75, 3.05) is 38.1 Å². The van der Waals surface area contributed by atoms with Gasteiger partial charge in [0.15, 0.2) is 11.6 Å². The lowest BCUT2D eigenvalue weighted by atomic mass is 10.0. The molecule has 1 aromatic heterocycles. The molecular formula is C20H24FN5O. The Bertz CT molecular complexity index is 875. The summed E-state index contributed by atoms with van der Waals surface area (Å²) in [7, 11) is 2.13. The zero-order chi connectivity index (χ0) is 19.0. The van der Waals surface area contributed by atoms with Crippen molar-refractivity contribution in [3.05, 3.63) is 47.2 Å². The maximum atomic E-state index is 14.3. The summed E-state index contributed by atoms with van der Waals surface area (Å²) in [5, 5.41) is 0. The number of fused-ring (bicyclic) bond motifs is 1. The summed E-state index contributed by atoms with van der Waals surface area (Å²) in [5.74, 6) is 0.816. The lowest BCUT2D eigenvalue weighted by Gasteiger charge is -2.33. The van der Waals surface area contributed by atoms with Gasteiger partial charge in [0.05, 0.1) is 24.1 Å². The molecule has 2 aliphatic heterocycles. The van der Waals surface area contributed by atoms with Crippen molar-refractivity contribution in [3.8, 4) is 5.75 Å². The van der Waals surface area contributed by atoms with Crippen LogP contribution >= 0.6 is 0 Å². The second-order valence-corrected chi connectivity index (χ2v) is 7.32. The third-order valence-electron chi connectivity index (χ3n) is 4.91. The smallest absolute Gasteiger partial charge is 0.165 e. The average molecular weight is 369 g/mol. The Balaban J connectivity index is 1.64. The van der Waals surface area contributed by atoms with Gasteiger partial charge in [-0.15, -0.1) is 0 Å². The molecule has 2 aromatic rings. The number of rotatable bonds is 4. The van der Waals surface area contributed by atoms with Crippen LogP contribution in [0.15, 0.2) is 29.5 Å². The molecule has 6 nitrogen and oxygen atoms in total. The molecule has 3 heterocycles. The molecule has 0 unspecified atom stereocenters. The molecule has 1 aromatic carbocycles. The first-order valence-corrected chi connectivity index (χ1v) is 9.31. The van der Waals surface area contributed by atoms with E-state index in [-0.39, 0.29) is 17.7 Å². The monoisotopic (exact) mass is 369 g/mol. The van der Waals surface area contributed by atoms with Crippen molar-refractivity contribution < 1.29 is 9.13 Å². The van der Waals surface area contributed by atoms with Crippen LogP contribution in [0.3, 0.4) is 0 Å². The van der Waals surface area contributed by atoms with Gasteiger partial charge in [-0.05, 0) is 38.6 Å². The second kappa shape index (κ2) is 7.23. The summed E-state index contributed by atoms with van der Waals surface area (Å²) in [5.41, 5.74) is 3.28. The lowest BCUT2D eigenvalue weighted by Crippen LogP contribution is -2.44. The summed E-state index contributed by atoms with van der Waals surface area (Å²) >= 11 is 0. The van der Waals surface area contributed by atoms with E-state index in [1.54, 1.807) is 12.4 Å². The van der Waals surface area contributed by atoms with E-state index in [1.807, 2.05) is 19.9 Å². The lowest BCUT2D eigenvalue weighted by molar-refractivity contribution is 0.231. The Hall–Kier alpha value is -2.54. The predicted octanol–water partition coefficient (Wildman–Crippen LogP) is 2.51. The number of halogens is 1. The quantitative estimate of drug-likeness (QED) is 0.829. The minimum Gasteiger partial charge on any atom is -0.488 e. The van der Waals surface area contributed by atoms with Gasteiger partial charge >= 0.3 is 0 Å². The van der Waals surface area contributed by atoms with Crippen LogP contribution in [0.4, 0.5) is 10.2 Å². The van der Waals surface area contributed by atoms with Crippen molar-refractivity contribution in [1.29, 1.82) is 0 Å². The number of ether oxygens (including phenoxy) is 1. The highest BCUT2D eigenvalue weighted by Crippen LogP contribution is 2.30. The number of aromatic nitrogens is 2. The van der Waals surface area contributed by atoms with E-state index in [1.165, 1.54) is 6.07 Å². The molecule has 142 valence electrons. The van der Waals surface area contributed by atoms with Crippen molar-refractivity contribution in [2.45, 2.75) is 26.5 Å². The van der Waals surface area contributed by atoms with E-state index in [0.29, 0.717) is 6.54 Å². The largest absolute Gasteiger partial charge is 0.488 e. The zero-order valence-corrected chi connectivity index (χ0v) is 15.9. The molecule has 0 spiro atoms. The second-order valence-electron chi connectivity index (χ2n) is 7.32. The van der Waals surface area contributed by atoms with Crippen LogP contribution in [0, 0.1) is 5.82 Å². The van der Waals surface area contributed by atoms with Crippen LogP contribution in [-0.4, -0.2) is 59.9 Å². The molecule has 2 aliphatic rings. The van der Waals surface area contributed by atoms with Crippen LogP contribution in [0.25, 0.3) is 0 Å². The Kier molecular flexibility index (Phi) is 4.78. The van der Waals surface area contributed by atoms with Gasteiger partial charge in [0.1, 0.15) is 12.1 Å². The van der Waals surface area contributed by atoms with Crippen LogP contribution in [-0.2, 0) is 6.54 Å². The summed E-state index contributed by atoms with van der Waals surface area (Å²) in [6.45, 7) is 8.12. The van der Waals surface area contributed by atoms with E-state index in [9.17, 15) is 4.39 Å². The minimum atomic E-state index is -0.347. The van der Waals surface area contributed by atoms with E-state index in [4.69, 9.17) is 4.74 Å². The van der Waals surface area contributed by atoms with Crippen LogP contribution < -0.4 is 9.64 Å². The van der Waals surface area contributed by atoms with E-state index < -0.39 is 0 Å². The molecule has 1 saturated heterocycles. The van der Waals surface area contributed by atoms with Crippen molar-refractivity contribution in [2.24, 2.45) is 4.99 Å². The molecule has 0 N–H and O–H groups in total. The molecule has 0 aliphatic carbocycles. The molecule has 27 heavy (non-hydrogen) atoms. The molecule has 0 atom stereocenters. The average Bonchev–Trinajstić information content (AvgIpc) is 3.05. The summed E-state index contributed by atoms with van der Waals surface area (Å²) in [6.07, 6.45) is 1.49. The van der Waals surface area contributed by atoms with Gasteiger partial charge in [-0.2, -0.15) is 0 Å². The third-order valence-corrected chi connectivity index (χ3v) is 4.91. The SMILES string of the molecule is CC(C)Oc1cc2c(cc1F)CN=C2c1cc(N2CCN(C)CC2)ncn1. The number of aliphatic imine (C=N–C) groups is 1. The summed E-state index contributed by atoms with van der Waals surface area (Å²) < 4.78 is 19.9. The molecule has 0 radical (unpaired) electrons. The normalized spacial score (nSPS) is 17.2. The van der Waals surface area contributed by atoms with Gasteiger partial charge in [0.25, 0.3) is 0 Å². The van der Waals surface area contributed by atoms with E-state index in [2.05, 4.69) is 31.8 Å². The van der Waals surface area contributed by atoms with E-state index in [0.717, 1.165) is 54.5 Å². The maximum Gasteiger partial charge on any atom is 0.165 e. The summed E-state index contributed by atoms with van der Waals surface area (Å²) in [4.78, 5) is 18.1. The van der Waals surface area contributed by atoms with Gasteiger partial charge < -0.3 is 14.5 Å². The Morgan fingerprint density at radius 3 is 2.59 bits per heavy atom. The fraction of sp³-hybridized carbons (Fsp3) is 0.450. The maximum absolute atomic E-state index is 14.3. The number of likely N-dealkylation sites (N-methyl/N-ethyl adjacent to an activating group) is 1. The van der Waals surface area contributed by atoms with Crippen molar-refractivity contribution in [1.82, 2.24) is 14.9 Å². The number of anilines is 1. The number of nitrogens with zero attached hydrogens (tertiary/aromatic N) is 5. The van der Waals surface area contributed by atoms with Crippen LogP contribution in [0.1, 0.15) is 30.7 Å².